The molecule has 2 nitrogen and oxygen atoms in total. The summed E-state index contributed by atoms with van der Waals surface area (Å²) < 4.78 is 0. The first kappa shape index (κ1) is 14.4. The second kappa shape index (κ2) is 6.98. The average molecular weight is 310 g/mol. The predicted molar refractivity (Wildman–Crippen MR) is 88.7 cm³/mol. The third-order valence-corrected chi connectivity index (χ3v) is 3.98. The molecule has 0 bridgehead atoms. The molecule has 2 rings (SSSR count). The highest BCUT2D eigenvalue weighted by molar-refractivity contribution is 7.98. The Labute approximate surface area is 128 Å². The Kier molecular flexibility index (Phi) is 5.31. The molecule has 19 heavy (non-hydrogen) atoms. The fourth-order valence-corrected chi connectivity index (χ4v) is 2.75. The number of halogens is 1. The monoisotopic (exact) mass is 309 g/mol. The fourth-order valence-electron chi connectivity index (χ4n) is 1.64. The van der Waals surface area contributed by atoms with Crippen LogP contribution in [-0.2, 0) is 0 Å². The molecule has 0 fully saturated rings. The van der Waals surface area contributed by atoms with E-state index in [2.05, 4.69) is 23.1 Å². The first-order valence-electron chi connectivity index (χ1n) is 5.80. The van der Waals surface area contributed by atoms with Crippen molar-refractivity contribution in [1.29, 1.82) is 0 Å². The first-order chi connectivity index (χ1) is 9.19. The molecule has 99 valence electrons. The summed E-state index contributed by atoms with van der Waals surface area (Å²) >= 11 is 13.0. The van der Waals surface area contributed by atoms with E-state index in [0.717, 1.165) is 27.7 Å². The Morgan fingerprint density at radius 3 is 2.84 bits per heavy atom. The van der Waals surface area contributed by atoms with Gasteiger partial charge in [0.2, 0.25) is 0 Å². The number of thioether (sulfide) groups is 1. The number of thiocarbonyl (C=S) groups is 1. The minimum atomic E-state index is 0.561. The zero-order valence-electron chi connectivity index (χ0n) is 10.4. The topological polar surface area (TPSA) is 24.1 Å². The number of nitrogens with one attached hydrogen (secondary N) is 2. The molecule has 0 heterocycles. The van der Waals surface area contributed by atoms with Gasteiger partial charge in [0.15, 0.2) is 5.11 Å². The summed E-state index contributed by atoms with van der Waals surface area (Å²) in [6.45, 7) is 0. The number of benzene rings is 1. The highest BCUT2D eigenvalue weighted by Crippen LogP contribution is 2.27. The van der Waals surface area contributed by atoms with Crippen molar-refractivity contribution >= 4 is 46.4 Å². The van der Waals surface area contributed by atoms with Crippen LogP contribution in [0.5, 0.6) is 0 Å². The molecule has 0 unspecified atom stereocenters. The molecular weight excluding hydrogens is 296 g/mol. The van der Waals surface area contributed by atoms with Crippen LogP contribution in [0.15, 0.2) is 47.0 Å². The molecule has 1 aliphatic carbocycles. The first-order valence-corrected chi connectivity index (χ1v) is 7.81. The maximum atomic E-state index is 6.15. The van der Waals surface area contributed by atoms with Gasteiger partial charge in [0.05, 0.1) is 5.02 Å². The van der Waals surface area contributed by atoms with Crippen LogP contribution in [0.4, 0.5) is 5.69 Å². The Bertz CT molecular complexity index is 538. The van der Waals surface area contributed by atoms with Crippen LogP contribution in [0.1, 0.15) is 6.42 Å². The lowest BCUT2D eigenvalue weighted by Gasteiger charge is -2.13. The molecule has 0 amide bonds. The lowest BCUT2D eigenvalue weighted by atomic mass is 10.1. The van der Waals surface area contributed by atoms with Crippen LogP contribution in [0.3, 0.4) is 0 Å². The third-order valence-electron chi connectivity index (χ3n) is 2.55. The van der Waals surface area contributed by atoms with Gasteiger partial charge in [0, 0.05) is 16.3 Å². The predicted octanol–water partition coefficient (Wildman–Crippen LogP) is 4.40. The highest BCUT2D eigenvalue weighted by Gasteiger charge is 2.04. The Hall–Kier alpha value is -0.970. The van der Waals surface area contributed by atoms with Gasteiger partial charge in [-0.2, -0.15) is 0 Å². The lowest BCUT2D eigenvalue weighted by molar-refractivity contribution is 1.11. The molecule has 1 aliphatic rings. The largest absolute Gasteiger partial charge is 0.333 e. The van der Waals surface area contributed by atoms with Crippen LogP contribution >= 0.6 is 35.6 Å². The van der Waals surface area contributed by atoms with Crippen molar-refractivity contribution in [2.24, 2.45) is 0 Å². The molecule has 0 aromatic heterocycles. The van der Waals surface area contributed by atoms with E-state index in [4.69, 9.17) is 23.8 Å². The maximum Gasteiger partial charge on any atom is 0.175 e. The molecule has 0 saturated carbocycles. The van der Waals surface area contributed by atoms with Gasteiger partial charge >= 0.3 is 0 Å². The van der Waals surface area contributed by atoms with E-state index in [1.54, 1.807) is 11.8 Å². The summed E-state index contributed by atoms with van der Waals surface area (Å²) in [4.78, 5) is 1.06. The lowest BCUT2D eigenvalue weighted by Crippen LogP contribution is -2.27. The molecular formula is C14H14ClN2S2. The molecule has 1 aromatic rings. The number of hydrogen-bond donors (Lipinski definition) is 2. The van der Waals surface area contributed by atoms with Gasteiger partial charge in [-0.3, -0.25) is 0 Å². The van der Waals surface area contributed by atoms with Crippen molar-refractivity contribution < 1.29 is 0 Å². The molecule has 1 radical (unpaired) electrons. The van der Waals surface area contributed by atoms with Gasteiger partial charge in [-0.25, -0.2) is 0 Å². The molecule has 0 spiro atoms. The van der Waals surface area contributed by atoms with Crippen molar-refractivity contribution in [1.82, 2.24) is 5.32 Å². The normalized spacial score (nSPS) is 13.9. The fraction of sp³-hybridized carbons (Fsp3) is 0.143. The summed E-state index contributed by atoms with van der Waals surface area (Å²) in [6, 6.07) is 5.82. The van der Waals surface area contributed by atoms with Crippen LogP contribution < -0.4 is 10.6 Å². The Balaban J connectivity index is 1.97. The molecule has 1 aromatic carbocycles. The summed E-state index contributed by atoms with van der Waals surface area (Å²) in [5.41, 5.74) is 1.89. The number of hydrogen-bond acceptors (Lipinski definition) is 2. The smallest absolute Gasteiger partial charge is 0.175 e. The van der Waals surface area contributed by atoms with Crippen molar-refractivity contribution in [2.75, 3.05) is 11.6 Å². The van der Waals surface area contributed by atoms with Crippen molar-refractivity contribution in [3.05, 3.63) is 53.6 Å². The molecule has 0 aliphatic heterocycles. The standard InChI is InChI=1S/C14H14ClN2S2/c1-19-13-8-7-11(9-12(13)15)17-14(18)16-10-5-3-2-4-6-10/h2-3,5-9H,4H2,1H3,(H2,16,17,18). The Morgan fingerprint density at radius 1 is 1.37 bits per heavy atom. The van der Waals surface area contributed by atoms with Crippen molar-refractivity contribution in [2.45, 2.75) is 11.3 Å². The number of rotatable bonds is 3. The van der Waals surface area contributed by atoms with E-state index in [0.29, 0.717) is 5.11 Å². The molecule has 5 heteroatoms. The van der Waals surface area contributed by atoms with E-state index in [1.807, 2.05) is 36.6 Å². The zero-order chi connectivity index (χ0) is 13.7. The quantitative estimate of drug-likeness (QED) is 0.638. The van der Waals surface area contributed by atoms with Gasteiger partial charge in [-0.15, -0.1) is 11.8 Å². The minimum Gasteiger partial charge on any atom is -0.333 e. The maximum absolute atomic E-state index is 6.15. The third kappa shape index (κ3) is 4.27. The van der Waals surface area contributed by atoms with Gasteiger partial charge in [-0.05, 0) is 55.6 Å². The van der Waals surface area contributed by atoms with Crippen LogP contribution in [0.2, 0.25) is 5.02 Å². The van der Waals surface area contributed by atoms with Gasteiger partial charge in [-0.1, -0.05) is 23.8 Å². The van der Waals surface area contributed by atoms with E-state index < -0.39 is 0 Å². The molecule has 2 N–H and O–H groups in total. The van der Waals surface area contributed by atoms with Crippen molar-refractivity contribution in [3.8, 4) is 0 Å². The summed E-state index contributed by atoms with van der Waals surface area (Å²) in [5.74, 6) is 0. The highest BCUT2D eigenvalue weighted by atomic mass is 35.5. The second-order valence-corrected chi connectivity index (χ2v) is 5.58. The number of allylic oxidation sites excluding steroid dienone is 3. The molecule has 0 atom stereocenters. The van der Waals surface area contributed by atoms with E-state index >= 15 is 0 Å². The summed E-state index contributed by atoms with van der Waals surface area (Å²) in [7, 11) is 0. The van der Waals surface area contributed by atoms with Gasteiger partial charge < -0.3 is 10.6 Å². The summed E-state index contributed by atoms with van der Waals surface area (Å²) in [6.07, 6.45) is 11.1. The minimum absolute atomic E-state index is 0.561. The average Bonchev–Trinajstić information content (AvgIpc) is 2.40. The van der Waals surface area contributed by atoms with E-state index in [9.17, 15) is 0 Å². The zero-order valence-corrected chi connectivity index (χ0v) is 12.8. The van der Waals surface area contributed by atoms with E-state index in [-0.39, 0.29) is 0 Å². The van der Waals surface area contributed by atoms with Crippen molar-refractivity contribution in [3.63, 3.8) is 0 Å². The Morgan fingerprint density at radius 2 is 2.21 bits per heavy atom. The SMILES string of the molecule is CSc1ccc(NC(=S)NC2=CC[CH]C=C2)cc1Cl. The van der Waals surface area contributed by atoms with Crippen LogP contribution in [0.25, 0.3) is 0 Å². The van der Waals surface area contributed by atoms with Crippen LogP contribution in [-0.4, -0.2) is 11.4 Å². The van der Waals surface area contributed by atoms with E-state index in [1.165, 1.54) is 0 Å². The van der Waals surface area contributed by atoms with Gasteiger partial charge in [0.25, 0.3) is 0 Å². The summed E-state index contributed by atoms with van der Waals surface area (Å²) in [5, 5.41) is 7.55. The second-order valence-electron chi connectivity index (χ2n) is 3.92. The molecule has 0 saturated heterocycles. The number of anilines is 1. The van der Waals surface area contributed by atoms with Gasteiger partial charge in [0.1, 0.15) is 0 Å². The van der Waals surface area contributed by atoms with Crippen LogP contribution in [0, 0.1) is 6.42 Å².